The molecule has 0 aliphatic rings. The van der Waals surface area contributed by atoms with E-state index in [-0.39, 0.29) is 23.9 Å². The molecule has 0 aromatic heterocycles. The molecule has 1 amide bonds. The van der Waals surface area contributed by atoms with Gasteiger partial charge in [0.15, 0.2) is 0 Å². The SMILES string of the molecule is CCC(CC)(CN)NC(=O)c1ccc(I)cc1.Cl. The fourth-order valence-electron chi connectivity index (χ4n) is 1.68. The van der Waals surface area contributed by atoms with Gasteiger partial charge in [0, 0.05) is 15.7 Å². The molecular weight excluding hydrogens is 363 g/mol. The predicted molar refractivity (Wildman–Crippen MR) is 86.2 cm³/mol. The Morgan fingerprint density at radius 1 is 1.28 bits per heavy atom. The fourth-order valence-corrected chi connectivity index (χ4v) is 2.04. The molecule has 0 saturated heterocycles. The summed E-state index contributed by atoms with van der Waals surface area (Å²) in [5.41, 5.74) is 6.17. The molecule has 3 nitrogen and oxygen atoms in total. The molecule has 1 aromatic rings. The van der Waals surface area contributed by atoms with Gasteiger partial charge in [-0.1, -0.05) is 13.8 Å². The Bertz CT molecular complexity index is 369. The van der Waals surface area contributed by atoms with Crippen LogP contribution in [0.3, 0.4) is 0 Å². The number of nitrogens with one attached hydrogen (secondary N) is 1. The van der Waals surface area contributed by atoms with Crippen molar-refractivity contribution < 1.29 is 4.79 Å². The lowest BCUT2D eigenvalue weighted by atomic mass is 9.92. The first kappa shape index (κ1) is 17.7. The maximum Gasteiger partial charge on any atom is 0.251 e. The van der Waals surface area contributed by atoms with Crippen molar-refractivity contribution >= 4 is 40.9 Å². The standard InChI is InChI=1S/C13H19IN2O.ClH/c1-3-13(4-2,9-15)16-12(17)10-5-7-11(14)8-6-10;/h5-8H,3-4,9,15H2,1-2H3,(H,16,17);1H. The van der Waals surface area contributed by atoms with Crippen molar-refractivity contribution in [1.29, 1.82) is 0 Å². The molecule has 0 aliphatic carbocycles. The van der Waals surface area contributed by atoms with Crippen LogP contribution in [0.5, 0.6) is 0 Å². The Kier molecular flexibility index (Phi) is 7.82. The molecule has 0 atom stereocenters. The average Bonchev–Trinajstić information content (AvgIpc) is 2.37. The van der Waals surface area contributed by atoms with Crippen LogP contribution in [-0.4, -0.2) is 18.0 Å². The van der Waals surface area contributed by atoms with Gasteiger partial charge in [-0.3, -0.25) is 4.79 Å². The average molecular weight is 383 g/mol. The number of amides is 1. The zero-order valence-corrected chi connectivity index (χ0v) is 13.7. The second-order valence-corrected chi connectivity index (χ2v) is 5.40. The Balaban J connectivity index is 0.00000289. The van der Waals surface area contributed by atoms with Crippen LogP contribution in [0.2, 0.25) is 0 Å². The van der Waals surface area contributed by atoms with Gasteiger partial charge in [0.25, 0.3) is 5.91 Å². The van der Waals surface area contributed by atoms with E-state index in [4.69, 9.17) is 5.73 Å². The number of hydrogen-bond donors (Lipinski definition) is 2. The molecule has 102 valence electrons. The van der Waals surface area contributed by atoms with Crippen molar-refractivity contribution in [3.63, 3.8) is 0 Å². The summed E-state index contributed by atoms with van der Waals surface area (Å²) in [5, 5.41) is 3.05. The van der Waals surface area contributed by atoms with Crippen LogP contribution in [0.4, 0.5) is 0 Å². The largest absolute Gasteiger partial charge is 0.345 e. The number of carbonyl (C=O) groups is 1. The molecule has 0 saturated carbocycles. The molecule has 0 fully saturated rings. The van der Waals surface area contributed by atoms with Gasteiger partial charge >= 0.3 is 0 Å². The summed E-state index contributed by atoms with van der Waals surface area (Å²) in [6.45, 7) is 4.56. The van der Waals surface area contributed by atoms with E-state index in [1.54, 1.807) is 0 Å². The first-order valence-electron chi connectivity index (χ1n) is 5.85. The van der Waals surface area contributed by atoms with E-state index in [1.807, 2.05) is 38.1 Å². The molecular formula is C13H20ClIN2O. The minimum absolute atomic E-state index is 0. The van der Waals surface area contributed by atoms with Gasteiger partial charge in [-0.25, -0.2) is 0 Å². The minimum Gasteiger partial charge on any atom is -0.345 e. The number of benzene rings is 1. The van der Waals surface area contributed by atoms with Gasteiger partial charge < -0.3 is 11.1 Å². The van der Waals surface area contributed by atoms with E-state index in [0.29, 0.717) is 12.1 Å². The third-order valence-electron chi connectivity index (χ3n) is 3.23. The van der Waals surface area contributed by atoms with Gasteiger partial charge in [-0.15, -0.1) is 12.4 Å². The van der Waals surface area contributed by atoms with Crippen LogP contribution in [0, 0.1) is 3.57 Å². The summed E-state index contributed by atoms with van der Waals surface area (Å²) in [7, 11) is 0. The van der Waals surface area contributed by atoms with Crippen LogP contribution >= 0.6 is 35.0 Å². The van der Waals surface area contributed by atoms with Gasteiger partial charge in [0.2, 0.25) is 0 Å². The zero-order valence-electron chi connectivity index (χ0n) is 10.7. The Morgan fingerprint density at radius 2 is 1.78 bits per heavy atom. The molecule has 1 rings (SSSR count). The lowest BCUT2D eigenvalue weighted by Crippen LogP contribution is -2.52. The van der Waals surface area contributed by atoms with Gasteiger partial charge in [-0.05, 0) is 59.7 Å². The van der Waals surface area contributed by atoms with Crippen LogP contribution < -0.4 is 11.1 Å². The Morgan fingerprint density at radius 3 is 2.17 bits per heavy atom. The molecule has 0 radical (unpaired) electrons. The number of carbonyl (C=O) groups excluding carboxylic acids is 1. The number of halogens is 2. The molecule has 0 bridgehead atoms. The smallest absolute Gasteiger partial charge is 0.251 e. The highest BCUT2D eigenvalue weighted by atomic mass is 127. The molecule has 18 heavy (non-hydrogen) atoms. The summed E-state index contributed by atoms with van der Waals surface area (Å²) in [6.07, 6.45) is 1.69. The van der Waals surface area contributed by atoms with E-state index in [9.17, 15) is 4.79 Å². The highest BCUT2D eigenvalue weighted by molar-refractivity contribution is 14.1. The predicted octanol–water partition coefficient (Wildman–Crippen LogP) is 2.96. The third kappa shape index (κ3) is 4.40. The Labute approximate surface area is 128 Å². The summed E-state index contributed by atoms with van der Waals surface area (Å²) in [6, 6.07) is 7.53. The number of hydrogen-bond acceptors (Lipinski definition) is 2. The maximum absolute atomic E-state index is 12.1. The van der Waals surface area contributed by atoms with Crippen LogP contribution in [0.25, 0.3) is 0 Å². The quantitative estimate of drug-likeness (QED) is 0.769. The lowest BCUT2D eigenvalue weighted by molar-refractivity contribution is 0.0895. The lowest BCUT2D eigenvalue weighted by Gasteiger charge is -2.31. The fraction of sp³-hybridized carbons (Fsp3) is 0.462. The second kappa shape index (κ2) is 7.96. The van der Waals surface area contributed by atoms with E-state index in [0.717, 1.165) is 16.4 Å². The zero-order chi connectivity index (χ0) is 12.9. The monoisotopic (exact) mass is 382 g/mol. The summed E-state index contributed by atoms with van der Waals surface area (Å²) in [4.78, 5) is 12.1. The van der Waals surface area contributed by atoms with Crippen molar-refractivity contribution in [3.8, 4) is 0 Å². The van der Waals surface area contributed by atoms with E-state index >= 15 is 0 Å². The summed E-state index contributed by atoms with van der Waals surface area (Å²) >= 11 is 2.22. The molecule has 0 heterocycles. The molecule has 0 aliphatic heterocycles. The normalized spacial score (nSPS) is 10.7. The van der Waals surface area contributed by atoms with Crippen LogP contribution in [-0.2, 0) is 0 Å². The van der Waals surface area contributed by atoms with Crippen molar-refractivity contribution in [2.45, 2.75) is 32.2 Å². The van der Waals surface area contributed by atoms with E-state index in [1.165, 1.54) is 0 Å². The Hall–Kier alpha value is -0.330. The van der Waals surface area contributed by atoms with E-state index in [2.05, 4.69) is 27.9 Å². The van der Waals surface area contributed by atoms with E-state index < -0.39 is 0 Å². The molecule has 1 aromatic carbocycles. The van der Waals surface area contributed by atoms with Crippen molar-refractivity contribution in [2.24, 2.45) is 5.73 Å². The van der Waals surface area contributed by atoms with Crippen LogP contribution in [0.1, 0.15) is 37.0 Å². The minimum atomic E-state index is -0.278. The number of nitrogens with two attached hydrogens (primary N) is 1. The van der Waals surface area contributed by atoms with Crippen molar-refractivity contribution in [1.82, 2.24) is 5.32 Å². The van der Waals surface area contributed by atoms with Gasteiger partial charge in [0.05, 0.1) is 5.54 Å². The second-order valence-electron chi connectivity index (χ2n) is 4.15. The summed E-state index contributed by atoms with van der Waals surface area (Å²) in [5.74, 6) is -0.0458. The van der Waals surface area contributed by atoms with Crippen LogP contribution in [0.15, 0.2) is 24.3 Å². The molecule has 0 spiro atoms. The van der Waals surface area contributed by atoms with Gasteiger partial charge in [0.1, 0.15) is 0 Å². The van der Waals surface area contributed by atoms with Gasteiger partial charge in [-0.2, -0.15) is 0 Å². The van der Waals surface area contributed by atoms with Crippen molar-refractivity contribution in [2.75, 3.05) is 6.54 Å². The maximum atomic E-state index is 12.1. The highest BCUT2D eigenvalue weighted by Crippen LogP contribution is 2.15. The topological polar surface area (TPSA) is 55.1 Å². The first-order valence-corrected chi connectivity index (χ1v) is 6.93. The third-order valence-corrected chi connectivity index (χ3v) is 3.95. The molecule has 0 unspecified atom stereocenters. The highest BCUT2D eigenvalue weighted by Gasteiger charge is 2.26. The summed E-state index contributed by atoms with van der Waals surface area (Å²) < 4.78 is 1.12. The van der Waals surface area contributed by atoms with Crippen molar-refractivity contribution in [3.05, 3.63) is 33.4 Å². The first-order chi connectivity index (χ1) is 8.06. The molecule has 5 heteroatoms. The molecule has 3 N–H and O–H groups in total. The number of rotatable bonds is 5.